The van der Waals surface area contributed by atoms with Crippen LogP contribution in [0.25, 0.3) is 0 Å². The number of nitrogens with two attached hydrogens (primary N) is 1. The van der Waals surface area contributed by atoms with E-state index in [0.717, 1.165) is 12.1 Å². The summed E-state index contributed by atoms with van der Waals surface area (Å²) in [7, 11) is 0. The fourth-order valence-electron chi connectivity index (χ4n) is 2.12. The average Bonchev–Trinajstić information content (AvgIpc) is 2.61. The Bertz CT molecular complexity index is 545. The number of hydrogen-bond acceptors (Lipinski definition) is 4. The van der Waals surface area contributed by atoms with Crippen molar-refractivity contribution in [1.29, 1.82) is 0 Å². The first-order valence-corrected chi connectivity index (χ1v) is 6.28. The zero-order valence-corrected chi connectivity index (χ0v) is 10.9. The topological polar surface area (TPSA) is 81.8 Å². The summed E-state index contributed by atoms with van der Waals surface area (Å²) in [4.78, 5) is 11.1. The fourth-order valence-corrected chi connectivity index (χ4v) is 2.12. The first-order chi connectivity index (χ1) is 9.84. The maximum Gasteiger partial charge on any atom is 0.416 e. The molecule has 5 nitrogen and oxygen atoms in total. The van der Waals surface area contributed by atoms with Crippen molar-refractivity contribution in [3.8, 4) is 11.5 Å². The van der Waals surface area contributed by atoms with Gasteiger partial charge in [-0.1, -0.05) is 0 Å². The molecule has 1 aromatic rings. The van der Waals surface area contributed by atoms with Gasteiger partial charge in [0.1, 0.15) is 0 Å². The Kier molecular flexibility index (Phi) is 4.26. The second-order valence-corrected chi connectivity index (χ2v) is 4.56. The van der Waals surface area contributed by atoms with Crippen LogP contribution in [0.4, 0.5) is 13.2 Å². The highest BCUT2D eigenvalue weighted by molar-refractivity contribution is 5.77. The molecule has 0 radical (unpaired) electrons. The largest absolute Gasteiger partial charge is 0.490 e. The lowest BCUT2D eigenvalue weighted by Gasteiger charge is -2.20. The van der Waals surface area contributed by atoms with Gasteiger partial charge in [0.05, 0.1) is 24.7 Å². The second kappa shape index (κ2) is 5.80. The molecule has 1 heterocycles. The standard InChI is InChI=1S/C13H14F3NO4/c14-13(15,16)9-5-11-10(20-2-1-3-21-11)4-7(9)8(6-17)12(18)19/h4-5,8H,1-3,6,17H2,(H,18,19). The first kappa shape index (κ1) is 15.4. The van der Waals surface area contributed by atoms with Crippen molar-refractivity contribution in [3.63, 3.8) is 0 Å². The maximum atomic E-state index is 13.1. The number of rotatable bonds is 3. The summed E-state index contributed by atoms with van der Waals surface area (Å²) in [6, 6.07) is 1.84. The molecule has 1 aliphatic rings. The number of ether oxygens (including phenoxy) is 2. The van der Waals surface area contributed by atoms with Crippen LogP contribution < -0.4 is 15.2 Å². The summed E-state index contributed by atoms with van der Waals surface area (Å²) in [6.45, 7) is 0.0825. The zero-order valence-electron chi connectivity index (χ0n) is 10.9. The van der Waals surface area contributed by atoms with Gasteiger partial charge in [0.25, 0.3) is 0 Å². The molecule has 0 fully saturated rings. The van der Waals surface area contributed by atoms with Crippen LogP contribution in [0.1, 0.15) is 23.5 Å². The van der Waals surface area contributed by atoms with Gasteiger partial charge in [-0.05, 0) is 17.7 Å². The predicted molar refractivity (Wildman–Crippen MR) is 66.5 cm³/mol. The summed E-state index contributed by atoms with van der Waals surface area (Å²) in [5, 5.41) is 9.06. The number of carboxylic acids is 1. The molecule has 116 valence electrons. The molecule has 8 heteroatoms. The Labute approximate surface area is 118 Å². The molecule has 21 heavy (non-hydrogen) atoms. The minimum Gasteiger partial charge on any atom is -0.490 e. The molecule has 1 aliphatic heterocycles. The van der Waals surface area contributed by atoms with E-state index in [2.05, 4.69) is 0 Å². The normalized spacial score (nSPS) is 16.2. The number of aliphatic carboxylic acids is 1. The van der Waals surface area contributed by atoms with Crippen molar-refractivity contribution in [3.05, 3.63) is 23.3 Å². The lowest BCUT2D eigenvalue weighted by atomic mass is 9.93. The predicted octanol–water partition coefficient (Wildman–Crippen LogP) is 1.99. The highest BCUT2D eigenvalue weighted by atomic mass is 19.4. The molecule has 1 atom stereocenters. The van der Waals surface area contributed by atoms with E-state index < -0.39 is 35.7 Å². The van der Waals surface area contributed by atoms with Crippen LogP contribution in [0, 0.1) is 0 Å². The van der Waals surface area contributed by atoms with Crippen molar-refractivity contribution in [2.24, 2.45) is 5.73 Å². The van der Waals surface area contributed by atoms with Gasteiger partial charge in [0.15, 0.2) is 11.5 Å². The third-order valence-electron chi connectivity index (χ3n) is 3.13. The molecule has 0 saturated carbocycles. The van der Waals surface area contributed by atoms with E-state index in [1.807, 2.05) is 0 Å². The molecule has 0 spiro atoms. The monoisotopic (exact) mass is 305 g/mol. The molecule has 1 unspecified atom stereocenters. The van der Waals surface area contributed by atoms with E-state index >= 15 is 0 Å². The molecule has 0 saturated heterocycles. The van der Waals surface area contributed by atoms with Gasteiger partial charge in [-0.3, -0.25) is 4.79 Å². The van der Waals surface area contributed by atoms with Crippen LogP contribution in [0.15, 0.2) is 12.1 Å². The first-order valence-electron chi connectivity index (χ1n) is 6.28. The number of carbonyl (C=O) groups is 1. The molecule has 3 N–H and O–H groups in total. The van der Waals surface area contributed by atoms with Crippen LogP contribution in [0.5, 0.6) is 11.5 Å². The molecular formula is C13H14F3NO4. The van der Waals surface area contributed by atoms with E-state index in [9.17, 15) is 18.0 Å². The minimum absolute atomic E-state index is 0.0373. The van der Waals surface area contributed by atoms with E-state index in [1.165, 1.54) is 0 Å². The summed E-state index contributed by atoms with van der Waals surface area (Å²) < 4.78 is 50.0. The van der Waals surface area contributed by atoms with Gasteiger partial charge in [0.2, 0.25) is 0 Å². The van der Waals surface area contributed by atoms with Crippen molar-refractivity contribution in [2.75, 3.05) is 19.8 Å². The van der Waals surface area contributed by atoms with Gasteiger partial charge in [-0.2, -0.15) is 13.2 Å². The highest BCUT2D eigenvalue weighted by Crippen LogP contribution is 2.42. The number of benzene rings is 1. The van der Waals surface area contributed by atoms with Gasteiger partial charge in [0, 0.05) is 13.0 Å². The van der Waals surface area contributed by atoms with Crippen LogP contribution in [-0.2, 0) is 11.0 Å². The number of halogens is 3. The van der Waals surface area contributed by atoms with Crippen LogP contribution in [-0.4, -0.2) is 30.8 Å². The van der Waals surface area contributed by atoms with Crippen molar-refractivity contribution >= 4 is 5.97 Å². The van der Waals surface area contributed by atoms with Crippen LogP contribution >= 0.6 is 0 Å². The molecule has 2 rings (SSSR count). The quantitative estimate of drug-likeness (QED) is 0.892. The molecule has 0 bridgehead atoms. The van der Waals surface area contributed by atoms with E-state index in [4.69, 9.17) is 20.3 Å². The number of hydrogen-bond donors (Lipinski definition) is 2. The summed E-state index contributed by atoms with van der Waals surface area (Å²) in [5.74, 6) is -2.81. The summed E-state index contributed by atoms with van der Waals surface area (Å²) in [5.41, 5.74) is 3.82. The van der Waals surface area contributed by atoms with E-state index in [1.54, 1.807) is 0 Å². The fraction of sp³-hybridized carbons (Fsp3) is 0.462. The summed E-state index contributed by atoms with van der Waals surface area (Å²) >= 11 is 0. The lowest BCUT2D eigenvalue weighted by Crippen LogP contribution is -2.24. The van der Waals surface area contributed by atoms with Gasteiger partial charge in [-0.15, -0.1) is 0 Å². The SMILES string of the molecule is NCC(C(=O)O)c1cc2c(cc1C(F)(F)F)OCCCO2. The van der Waals surface area contributed by atoms with Crippen molar-refractivity contribution in [2.45, 2.75) is 18.5 Å². The average molecular weight is 305 g/mol. The van der Waals surface area contributed by atoms with Crippen LogP contribution in [0.3, 0.4) is 0 Å². The van der Waals surface area contributed by atoms with Crippen molar-refractivity contribution < 1.29 is 32.5 Å². The van der Waals surface area contributed by atoms with E-state index in [-0.39, 0.29) is 24.7 Å². The molecular weight excluding hydrogens is 291 g/mol. The number of carboxylic acid groups (broad SMARTS) is 1. The second-order valence-electron chi connectivity index (χ2n) is 4.56. The third kappa shape index (κ3) is 3.21. The van der Waals surface area contributed by atoms with Crippen LogP contribution in [0.2, 0.25) is 0 Å². The Morgan fingerprint density at radius 3 is 2.33 bits per heavy atom. The smallest absolute Gasteiger partial charge is 0.416 e. The number of fused-ring (bicyclic) bond motifs is 1. The van der Waals surface area contributed by atoms with Gasteiger partial charge < -0.3 is 20.3 Å². The van der Waals surface area contributed by atoms with E-state index in [0.29, 0.717) is 6.42 Å². The highest BCUT2D eigenvalue weighted by Gasteiger charge is 2.38. The Morgan fingerprint density at radius 1 is 1.29 bits per heavy atom. The lowest BCUT2D eigenvalue weighted by molar-refractivity contribution is -0.141. The molecule has 0 amide bonds. The summed E-state index contributed by atoms with van der Waals surface area (Å²) in [6.07, 6.45) is -4.17. The molecule has 1 aromatic carbocycles. The Balaban J connectivity index is 2.60. The Hall–Kier alpha value is -1.96. The number of alkyl halides is 3. The van der Waals surface area contributed by atoms with Gasteiger partial charge in [-0.25, -0.2) is 0 Å². The van der Waals surface area contributed by atoms with Gasteiger partial charge >= 0.3 is 12.1 Å². The minimum atomic E-state index is -4.71. The maximum absolute atomic E-state index is 13.1. The third-order valence-corrected chi connectivity index (χ3v) is 3.13. The molecule has 0 aliphatic carbocycles. The zero-order chi connectivity index (χ0) is 15.6. The van der Waals surface area contributed by atoms with Crippen molar-refractivity contribution in [1.82, 2.24) is 0 Å². The Morgan fingerprint density at radius 2 is 1.86 bits per heavy atom. The molecule has 0 aromatic heterocycles.